The van der Waals surface area contributed by atoms with E-state index < -0.39 is 5.91 Å². The van der Waals surface area contributed by atoms with Crippen LogP contribution < -0.4 is 10.2 Å². The Balaban J connectivity index is 1.35. The van der Waals surface area contributed by atoms with E-state index in [2.05, 4.69) is 15.5 Å². The van der Waals surface area contributed by atoms with E-state index in [4.69, 9.17) is 23.2 Å². The molecule has 1 aliphatic heterocycles. The molecule has 194 valence electrons. The SMILES string of the molecule is O=C(NCc1nnc(SCC(=O)N2CCCc3ccccc32)n1-c1ccc(F)cc1)c1ccc(Cl)cc1Cl. The highest BCUT2D eigenvalue weighted by atomic mass is 35.5. The number of amides is 2. The fourth-order valence-electron chi connectivity index (χ4n) is 4.28. The summed E-state index contributed by atoms with van der Waals surface area (Å²) in [6.07, 6.45) is 1.85. The number of thioether (sulfide) groups is 1. The Morgan fingerprint density at radius 2 is 1.82 bits per heavy atom. The van der Waals surface area contributed by atoms with Crippen molar-refractivity contribution in [3.05, 3.63) is 99.5 Å². The molecule has 4 aromatic rings. The second-order valence-corrected chi connectivity index (χ2v) is 10.4. The number of carbonyl (C=O) groups excluding carboxylic acids is 2. The molecule has 0 saturated carbocycles. The third-order valence-corrected chi connectivity index (χ3v) is 7.57. The molecule has 38 heavy (non-hydrogen) atoms. The molecule has 1 aliphatic rings. The first-order chi connectivity index (χ1) is 18.4. The number of anilines is 1. The fourth-order valence-corrected chi connectivity index (χ4v) is 5.62. The van der Waals surface area contributed by atoms with Crippen molar-refractivity contribution in [1.82, 2.24) is 20.1 Å². The fraction of sp³-hybridized carbons (Fsp3) is 0.185. The van der Waals surface area contributed by atoms with Crippen LogP contribution in [0.1, 0.15) is 28.2 Å². The number of hydrogen-bond donors (Lipinski definition) is 1. The lowest BCUT2D eigenvalue weighted by Crippen LogP contribution is -2.36. The maximum atomic E-state index is 13.6. The predicted octanol–water partition coefficient (Wildman–Crippen LogP) is 5.71. The Hall–Kier alpha value is -3.40. The van der Waals surface area contributed by atoms with Crippen molar-refractivity contribution < 1.29 is 14.0 Å². The van der Waals surface area contributed by atoms with Gasteiger partial charge < -0.3 is 10.2 Å². The molecule has 0 saturated heterocycles. The smallest absolute Gasteiger partial charge is 0.253 e. The summed E-state index contributed by atoms with van der Waals surface area (Å²) in [5.41, 5.74) is 2.97. The van der Waals surface area contributed by atoms with Gasteiger partial charge in [0.2, 0.25) is 5.91 Å². The van der Waals surface area contributed by atoms with E-state index >= 15 is 0 Å². The standard InChI is InChI=1S/C27H22Cl2FN5O2S/c28-18-7-12-21(22(29)14-18)26(37)31-15-24-32-33-27(35(24)20-10-8-19(30)9-11-20)38-16-25(36)34-13-3-5-17-4-1-2-6-23(17)34/h1-2,4,6-12,14H,3,5,13,15-16H2,(H,31,37). The van der Waals surface area contributed by atoms with Gasteiger partial charge in [-0.05, 0) is 66.9 Å². The summed E-state index contributed by atoms with van der Waals surface area (Å²) in [6, 6.07) is 18.4. The molecule has 11 heteroatoms. The van der Waals surface area contributed by atoms with Crippen LogP contribution in [-0.4, -0.2) is 38.9 Å². The van der Waals surface area contributed by atoms with Crippen LogP contribution in [0.15, 0.2) is 71.9 Å². The minimum Gasteiger partial charge on any atom is -0.345 e. The number of rotatable bonds is 7. The summed E-state index contributed by atoms with van der Waals surface area (Å²) in [4.78, 5) is 27.7. The maximum absolute atomic E-state index is 13.6. The molecule has 7 nitrogen and oxygen atoms in total. The van der Waals surface area contributed by atoms with Crippen LogP contribution in [-0.2, 0) is 17.8 Å². The van der Waals surface area contributed by atoms with Crippen LogP contribution >= 0.6 is 35.0 Å². The summed E-state index contributed by atoms with van der Waals surface area (Å²) in [7, 11) is 0. The normalized spacial score (nSPS) is 12.8. The van der Waals surface area contributed by atoms with E-state index in [0.717, 1.165) is 24.1 Å². The zero-order chi connectivity index (χ0) is 26.6. The van der Waals surface area contributed by atoms with Crippen molar-refractivity contribution in [2.45, 2.75) is 24.5 Å². The quantitative estimate of drug-likeness (QED) is 0.288. The third kappa shape index (κ3) is 5.70. The second kappa shape index (κ2) is 11.6. The zero-order valence-corrected chi connectivity index (χ0v) is 22.4. The summed E-state index contributed by atoms with van der Waals surface area (Å²) >= 11 is 13.3. The lowest BCUT2D eigenvalue weighted by Gasteiger charge is -2.29. The lowest BCUT2D eigenvalue weighted by molar-refractivity contribution is -0.116. The van der Waals surface area contributed by atoms with Crippen molar-refractivity contribution in [2.24, 2.45) is 0 Å². The van der Waals surface area contributed by atoms with Gasteiger partial charge >= 0.3 is 0 Å². The topological polar surface area (TPSA) is 80.1 Å². The Labute approximate surface area is 233 Å². The summed E-state index contributed by atoms with van der Waals surface area (Å²) in [6.45, 7) is 0.682. The van der Waals surface area contributed by atoms with E-state index in [1.54, 1.807) is 27.7 Å². The van der Waals surface area contributed by atoms with Crippen LogP contribution in [0.5, 0.6) is 0 Å². The van der Waals surface area contributed by atoms with Gasteiger partial charge in [-0.2, -0.15) is 0 Å². The van der Waals surface area contributed by atoms with Crippen LogP contribution in [0, 0.1) is 5.82 Å². The van der Waals surface area contributed by atoms with Gasteiger partial charge in [-0.25, -0.2) is 4.39 Å². The van der Waals surface area contributed by atoms with Gasteiger partial charge in [0, 0.05) is 22.9 Å². The highest BCUT2D eigenvalue weighted by Gasteiger charge is 2.24. The van der Waals surface area contributed by atoms with Crippen LogP contribution in [0.2, 0.25) is 10.0 Å². The van der Waals surface area contributed by atoms with Crippen LogP contribution in [0.25, 0.3) is 5.69 Å². The predicted molar refractivity (Wildman–Crippen MR) is 147 cm³/mol. The minimum atomic E-state index is -0.409. The number of carbonyl (C=O) groups is 2. The molecule has 3 aromatic carbocycles. The molecule has 0 spiro atoms. The van der Waals surface area contributed by atoms with Gasteiger partial charge in [0.15, 0.2) is 11.0 Å². The average molecular weight is 570 g/mol. The van der Waals surface area contributed by atoms with E-state index in [0.29, 0.717) is 28.2 Å². The molecule has 0 unspecified atom stereocenters. The van der Waals surface area contributed by atoms with Gasteiger partial charge in [-0.15, -0.1) is 10.2 Å². The van der Waals surface area contributed by atoms with Crippen molar-refractivity contribution in [3.63, 3.8) is 0 Å². The number of benzene rings is 3. The van der Waals surface area contributed by atoms with E-state index in [1.807, 2.05) is 24.3 Å². The van der Waals surface area contributed by atoms with Crippen molar-refractivity contribution >= 4 is 52.5 Å². The van der Waals surface area contributed by atoms with E-state index in [1.165, 1.54) is 36.0 Å². The maximum Gasteiger partial charge on any atom is 0.253 e. The second-order valence-electron chi connectivity index (χ2n) is 8.58. The summed E-state index contributed by atoms with van der Waals surface area (Å²) in [5.74, 6) is -0.285. The Kier molecular flexibility index (Phi) is 7.97. The van der Waals surface area contributed by atoms with Gasteiger partial charge in [-0.1, -0.05) is 53.2 Å². The number of nitrogens with one attached hydrogen (secondary N) is 1. The highest BCUT2D eigenvalue weighted by molar-refractivity contribution is 7.99. The molecule has 2 heterocycles. The van der Waals surface area contributed by atoms with Crippen molar-refractivity contribution in [1.29, 1.82) is 0 Å². The molecule has 1 N–H and O–H groups in total. The number of halogens is 3. The van der Waals surface area contributed by atoms with Crippen molar-refractivity contribution in [2.75, 3.05) is 17.2 Å². The molecule has 0 atom stereocenters. The van der Waals surface area contributed by atoms with Crippen molar-refractivity contribution in [3.8, 4) is 5.69 Å². The van der Waals surface area contributed by atoms with Gasteiger partial charge in [0.1, 0.15) is 5.82 Å². The lowest BCUT2D eigenvalue weighted by atomic mass is 10.0. The Bertz CT molecular complexity index is 1500. The number of fused-ring (bicyclic) bond motifs is 1. The largest absolute Gasteiger partial charge is 0.345 e. The number of nitrogens with zero attached hydrogens (tertiary/aromatic N) is 4. The molecule has 0 fully saturated rings. The van der Waals surface area contributed by atoms with Crippen LogP contribution in [0.4, 0.5) is 10.1 Å². The molecule has 5 rings (SSSR count). The molecular formula is C27H22Cl2FN5O2S. The number of para-hydroxylation sites is 1. The third-order valence-electron chi connectivity index (χ3n) is 6.10. The van der Waals surface area contributed by atoms with Gasteiger partial charge in [0.25, 0.3) is 5.91 Å². The van der Waals surface area contributed by atoms with Gasteiger partial charge in [0.05, 0.1) is 22.9 Å². The first-order valence-electron chi connectivity index (χ1n) is 11.9. The average Bonchev–Trinajstić information content (AvgIpc) is 3.33. The molecule has 1 aromatic heterocycles. The minimum absolute atomic E-state index is 0.0240. The van der Waals surface area contributed by atoms with Gasteiger partial charge in [-0.3, -0.25) is 14.2 Å². The number of aryl methyl sites for hydroxylation is 1. The number of aromatic nitrogens is 3. The first kappa shape index (κ1) is 26.2. The Morgan fingerprint density at radius 3 is 2.61 bits per heavy atom. The summed E-state index contributed by atoms with van der Waals surface area (Å²) < 4.78 is 15.3. The molecule has 0 aliphatic carbocycles. The molecule has 0 bridgehead atoms. The molecule has 2 amide bonds. The molecule has 0 radical (unpaired) electrons. The van der Waals surface area contributed by atoms with Crippen LogP contribution in [0.3, 0.4) is 0 Å². The highest BCUT2D eigenvalue weighted by Crippen LogP contribution is 2.29. The monoisotopic (exact) mass is 569 g/mol. The van der Waals surface area contributed by atoms with E-state index in [9.17, 15) is 14.0 Å². The summed E-state index contributed by atoms with van der Waals surface area (Å²) in [5, 5.41) is 12.4. The molecular weight excluding hydrogens is 548 g/mol. The first-order valence-corrected chi connectivity index (χ1v) is 13.6. The van der Waals surface area contributed by atoms with E-state index in [-0.39, 0.29) is 34.6 Å². The number of hydrogen-bond acceptors (Lipinski definition) is 5. The zero-order valence-electron chi connectivity index (χ0n) is 20.0. The Morgan fingerprint density at radius 1 is 1.03 bits per heavy atom.